The van der Waals surface area contributed by atoms with E-state index < -0.39 is 18.5 Å². The molecule has 0 spiro atoms. The van der Waals surface area contributed by atoms with Gasteiger partial charge in [0.15, 0.2) is 6.61 Å². The summed E-state index contributed by atoms with van der Waals surface area (Å²) in [4.78, 5) is 39.0. The number of halogens is 2. The molecule has 2 aromatic rings. The van der Waals surface area contributed by atoms with Crippen LogP contribution in [-0.4, -0.2) is 36.2 Å². The molecule has 152 valence electrons. The van der Waals surface area contributed by atoms with Crippen LogP contribution in [0.25, 0.3) is 0 Å². The molecule has 0 aromatic heterocycles. The fraction of sp³-hybridized carbons (Fsp3) is 0.250. The second-order valence-corrected chi connectivity index (χ2v) is 8.27. The van der Waals surface area contributed by atoms with E-state index in [2.05, 4.69) is 5.32 Å². The summed E-state index contributed by atoms with van der Waals surface area (Å²) in [5.74, 6) is -1.14. The molecule has 1 unspecified atom stereocenters. The molecule has 0 saturated heterocycles. The monoisotopic (exact) mass is 452 g/mol. The van der Waals surface area contributed by atoms with Crippen LogP contribution in [0, 0.1) is 0 Å². The lowest BCUT2D eigenvalue weighted by molar-refractivity contribution is -0.145. The molecule has 1 N–H and O–H groups in total. The number of carbonyl (C=O) groups excluding carboxylic acids is 3. The molecule has 0 bridgehead atoms. The van der Waals surface area contributed by atoms with Crippen molar-refractivity contribution < 1.29 is 19.1 Å². The van der Waals surface area contributed by atoms with Gasteiger partial charge in [0.05, 0.1) is 22.2 Å². The van der Waals surface area contributed by atoms with Crippen LogP contribution in [0.2, 0.25) is 10.0 Å². The maximum atomic E-state index is 12.8. The highest BCUT2D eigenvalue weighted by atomic mass is 35.5. The topological polar surface area (TPSA) is 75.7 Å². The van der Waals surface area contributed by atoms with E-state index in [4.69, 9.17) is 27.9 Å². The number of nitrogens with one attached hydrogen (secondary N) is 1. The van der Waals surface area contributed by atoms with Crippen molar-refractivity contribution in [1.82, 2.24) is 0 Å². The SMILES string of the molecule is CC1CC(=O)Nc2ccccc2N1C(=O)COC(=O)CSc1cc(Cl)ccc1Cl. The standard InChI is InChI=1S/C20H18Cl2N2O4S/c1-12-8-18(25)23-15-4-2-3-5-16(15)24(12)19(26)10-28-20(27)11-29-17-9-13(21)6-7-14(17)22/h2-7,9,12H,8,10-11H2,1H3,(H,23,25). The highest BCUT2D eigenvalue weighted by Crippen LogP contribution is 2.32. The summed E-state index contributed by atoms with van der Waals surface area (Å²) in [6.45, 7) is 1.36. The van der Waals surface area contributed by atoms with Gasteiger partial charge in [0.2, 0.25) is 5.91 Å². The smallest absolute Gasteiger partial charge is 0.316 e. The van der Waals surface area contributed by atoms with Crippen LogP contribution in [0.15, 0.2) is 47.4 Å². The van der Waals surface area contributed by atoms with E-state index in [0.29, 0.717) is 26.3 Å². The number of thioether (sulfide) groups is 1. The van der Waals surface area contributed by atoms with Crippen molar-refractivity contribution in [3.8, 4) is 0 Å². The quantitative estimate of drug-likeness (QED) is 0.537. The van der Waals surface area contributed by atoms with Crippen molar-refractivity contribution in [2.24, 2.45) is 0 Å². The summed E-state index contributed by atoms with van der Waals surface area (Å²) >= 11 is 13.2. The average molecular weight is 453 g/mol. The number of fused-ring (bicyclic) bond motifs is 1. The molecule has 1 heterocycles. The summed E-state index contributed by atoms with van der Waals surface area (Å²) in [7, 11) is 0. The number of ether oxygens (including phenoxy) is 1. The van der Waals surface area contributed by atoms with Crippen molar-refractivity contribution in [1.29, 1.82) is 0 Å². The van der Waals surface area contributed by atoms with Crippen molar-refractivity contribution >= 4 is 64.1 Å². The van der Waals surface area contributed by atoms with Gasteiger partial charge in [0.1, 0.15) is 0 Å². The molecule has 6 nitrogen and oxygen atoms in total. The molecule has 9 heteroatoms. The van der Waals surface area contributed by atoms with Crippen molar-refractivity contribution in [3.63, 3.8) is 0 Å². The number of rotatable bonds is 5. The summed E-state index contributed by atoms with van der Waals surface area (Å²) in [6.07, 6.45) is 0.150. The van der Waals surface area contributed by atoms with E-state index >= 15 is 0 Å². The molecular weight excluding hydrogens is 435 g/mol. The van der Waals surface area contributed by atoms with Crippen LogP contribution in [0.4, 0.5) is 11.4 Å². The molecule has 1 aliphatic rings. The Bertz CT molecular complexity index is 954. The van der Waals surface area contributed by atoms with Crippen LogP contribution in [0.3, 0.4) is 0 Å². The van der Waals surface area contributed by atoms with Crippen LogP contribution < -0.4 is 10.2 Å². The highest BCUT2D eigenvalue weighted by Gasteiger charge is 2.30. The molecule has 0 radical (unpaired) electrons. The zero-order valence-corrected chi connectivity index (χ0v) is 17.8. The predicted octanol–water partition coefficient (Wildman–Crippen LogP) is 4.39. The molecule has 2 amide bonds. The first-order chi connectivity index (χ1) is 13.8. The van der Waals surface area contributed by atoms with Gasteiger partial charge in [-0.25, -0.2) is 0 Å². The fourth-order valence-electron chi connectivity index (χ4n) is 2.95. The van der Waals surface area contributed by atoms with Gasteiger partial charge in [-0.05, 0) is 37.3 Å². The van der Waals surface area contributed by atoms with Gasteiger partial charge in [0.25, 0.3) is 5.91 Å². The molecule has 2 aromatic carbocycles. The van der Waals surface area contributed by atoms with Crippen molar-refractivity contribution in [2.75, 3.05) is 22.6 Å². The molecule has 1 atom stereocenters. The number of esters is 1. The first kappa shape index (κ1) is 21.5. The van der Waals surface area contributed by atoms with Gasteiger partial charge in [0, 0.05) is 22.4 Å². The van der Waals surface area contributed by atoms with E-state index in [1.54, 1.807) is 49.4 Å². The molecule has 3 rings (SSSR count). The third-order valence-electron chi connectivity index (χ3n) is 4.22. The van der Waals surface area contributed by atoms with E-state index in [0.717, 1.165) is 0 Å². The molecule has 1 aliphatic heterocycles. The molecule has 0 fully saturated rings. The summed E-state index contributed by atoms with van der Waals surface area (Å²) in [6, 6.07) is 11.6. The zero-order chi connectivity index (χ0) is 21.0. The molecule has 0 saturated carbocycles. The Kier molecular flexibility index (Phi) is 7.05. The number of benzene rings is 2. The van der Waals surface area contributed by atoms with Crippen LogP contribution in [-0.2, 0) is 19.1 Å². The van der Waals surface area contributed by atoms with Crippen molar-refractivity contribution in [2.45, 2.75) is 24.3 Å². The number of nitrogens with zero attached hydrogens (tertiary/aromatic N) is 1. The van der Waals surface area contributed by atoms with Gasteiger partial charge < -0.3 is 15.0 Å². The lowest BCUT2D eigenvalue weighted by Crippen LogP contribution is -2.41. The summed E-state index contributed by atoms with van der Waals surface area (Å²) in [5, 5.41) is 3.78. The zero-order valence-electron chi connectivity index (χ0n) is 15.5. The normalized spacial score (nSPS) is 15.9. The minimum absolute atomic E-state index is 0.0144. The van der Waals surface area contributed by atoms with Crippen molar-refractivity contribution in [3.05, 3.63) is 52.5 Å². The Morgan fingerprint density at radius 1 is 1.24 bits per heavy atom. The second kappa shape index (κ2) is 9.52. The fourth-order valence-corrected chi connectivity index (χ4v) is 4.24. The number of hydrogen-bond donors (Lipinski definition) is 1. The summed E-state index contributed by atoms with van der Waals surface area (Å²) in [5.41, 5.74) is 1.12. The Hall–Kier alpha value is -2.22. The van der Waals surface area contributed by atoms with E-state index in [1.165, 1.54) is 16.7 Å². The molecule has 0 aliphatic carbocycles. The van der Waals surface area contributed by atoms with Gasteiger partial charge in [-0.2, -0.15) is 0 Å². The maximum Gasteiger partial charge on any atom is 0.316 e. The van der Waals surface area contributed by atoms with Crippen LogP contribution in [0.1, 0.15) is 13.3 Å². The highest BCUT2D eigenvalue weighted by molar-refractivity contribution is 8.00. The number of amides is 2. The largest absolute Gasteiger partial charge is 0.455 e. The molecular formula is C20H18Cl2N2O4S. The first-order valence-electron chi connectivity index (χ1n) is 8.79. The number of carbonyl (C=O) groups is 3. The van der Waals surface area contributed by atoms with Crippen LogP contribution in [0.5, 0.6) is 0 Å². The predicted molar refractivity (Wildman–Crippen MR) is 115 cm³/mol. The lowest BCUT2D eigenvalue weighted by Gasteiger charge is -2.27. The van der Waals surface area contributed by atoms with Gasteiger partial charge in [-0.1, -0.05) is 35.3 Å². The van der Waals surface area contributed by atoms with Gasteiger partial charge in [-0.15, -0.1) is 11.8 Å². The minimum atomic E-state index is -0.552. The molecule has 29 heavy (non-hydrogen) atoms. The third-order valence-corrected chi connectivity index (χ3v) is 5.93. The average Bonchev–Trinajstić information content (AvgIpc) is 2.81. The summed E-state index contributed by atoms with van der Waals surface area (Å²) < 4.78 is 5.15. The first-order valence-corrected chi connectivity index (χ1v) is 10.5. The minimum Gasteiger partial charge on any atom is -0.455 e. The number of anilines is 2. The van der Waals surface area contributed by atoms with Crippen LogP contribution >= 0.6 is 35.0 Å². The Morgan fingerprint density at radius 3 is 2.79 bits per heavy atom. The number of para-hydroxylation sites is 2. The van der Waals surface area contributed by atoms with E-state index in [1.807, 2.05) is 0 Å². The third kappa shape index (κ3) is 5.44. The number of hydrogen-bond acceptors (Lipinski definition) is 5. The van der Waals surface area contributed by atoms with E-state index in [9.17, 15) is 14.4 Å². The lowest BCUT2D eigenvalue weighted by atomic mass is 10.1. The second-order valence-electron chi connectivity index (χ2n) is 6.41. The Balaban J connectivity index is 1.61. The van der Waals surface area contributed by atoms with E-state index in [-0.39, 0.29) is 24.1 Å². The van der Waals surface area contributed by atoms with Gasteiger partial charge >= 0.3 is 5.97 Å². The Morgan fingerprint density at radius 2 is 2.00 bits per heavy atom. The maximum absolute atomic E-state index is 12.8. The Labute approximate surface area is 182 Å². The van der Waals surface area contributed by atoms with Gasteiger partial charge in [-0.3, -0.25) is 14.4 Å².